The van der Waals surface area contributed by atoms with Crippen LogP contribution < -0.4 is 0 Å². The standard InChI is InChI=1S/C16H21Cl2NO2/c1-3-16(2,19-7-9-21-10-8-19)15(20)11-12-13(17)5-4-6-14(12)18/h4-6H,3,7-11H2,1-2H3. The number of rotatable bonds is 5. The van der Waals surface area contributed by atoms with Gasteiger partial charge in [0.15, 0.2) is 5.78 Å². The largest absolute Gasteiger partial charge is 0.379 e. The SMILES string of the molecule is CCC(C)(C(=O)Cc1c(Cl)cccc1Cl)N1CCOCC1. The zero-order chi connectivity index (χ0) is 15.5. The molecule has 0 saturated carbocycles. The first kappa shape index (κ1) is 16.8. The van der Waals surface area contributed by atoms with E-state index in [9.17, 15) is 4.79 Å². The minimum absolute atomic E-state index is 0.155. The number of nitrogens with zero attached hydrogens (tertiary/aromatic N) is 1. The molecule has 0 spiro atoms. The molecule has 1 aliphatic rings. The van der Waals surface area contributed by atoms with E-state index in [4.69, 9.17) is 27.9 Å². The third-order valence-electron chi connectivity index (χ3n) is 4.40. The van der Waals surface area contributed by atoms with Crippen LogP contribution in [0.5, 0.6) is 0 Å². The van der Waals surface area contributed by atoms with E-state index in [-0.39, 0.29) is 12.2 Å². The number of halogens is 2. The zero-order valence-electron chi connectivity index (χ0n) is 12.5. The maximum atomic E-state index is 12.9. The van der Waals surface area contributed by atoms with E-state index in [0.717, 1.165) is 25.1 Å². The van der Waals surface area contributed by atoms with E-state index in [1.54, 1.807) is 18.2 Å². The highest BCUT2D eigenvalue weighted by atomic mass is 35.5. The van der Waals surface area contributed by atoms with Crippen molar-refractivity contribution < 1.29 is 9.53 Å². The number of carbonyl (C=O) groups is 1. The van der Waals surface area contributed by atoms with Crippen molar-refractivity contribution in [3.63, 3.8) is 0 Å². The Balaban J connectivity index is 2.20. The van der Waals surface area contributed by atoms with Gasteiger partial charge in [0, 0.05) is 29.6 Å². The Morgan fingerprint density at radius 2 is 1.86 bits per heavy atom. The summed E-state index contributed by atoms with van der Waals surface area (Å²) in [5, 5.41) is 1.10. The van der Waals surface area contributed by atoms with Crippen molar-refractivity contribution in [2.45, 2.75) is 32.2 Å². The maximum absolute atomic E-state index is 12.9. The topological polar surface area (TPSA) is 29.5 Å². The number of hydrogen-bond acceptors (Lipinski definition) is 3. The monoisotopic (exact) mass is 329 g/mol. The summed E-state index contributed by atoms with van der Waals surface area (Å²) in [5.74, 6) is 0.155. The number of hydrogen-bond donors (Lipinski definition) is 0. The molecule has 0 N–H and O–H groups in total. The summed E-state index contributed by atoms with van der Waals surface area (Å²) in [6.07, 6.45) is 1.02. The summed E-state index contributed by atoms with van der Waals surface area (Å²) < 4.78 is 5.38. The molecular formula is C16H21Cl2NO2. The summed E-state index contributed by atoms with van der Waals surface area (Å²) in [7, 11) is 0. The molecule has 1 aromatic rings. The van der Waals surface area contributed by atoms with Gasteiger partial charge in [-0.15, -0.1) is 0 Å². The van der Waals surface area contributed by atoms with Crippen molar-refractivity contribution >= 4 is 29.0 Å². The number of ether oxygens (including phenoxy) is 1. The van der Waals surface area contributed by atoms with Crippen LogP contribution in [0.1, 0.15) is 25.8 Å². The number of morpholine rings is 1. The van der Waals surface area contributed by atoms with Gasteiger partial charge in [0.25, 0.3) is 0 Å². The fourth-order valence-corrected chi connectivity index (χ4v) is 3.24. The normalized spacial score (nSPS) is 19.2. The van der Waals surface area contributed by atoms with E-state index >= 15 is 0 Å². The molecule has 0 bridgehead atoms. The van der Waals surface area contributed by atoms with Gasteiger partial charge in [0.05, 0.1) is 18.8 Å². The third kappa shape index (κ3) is 3.59. The molecule has 2 rings (SSSR count). The average molecular weight is 330 g/mol. The van der Waals surface area contributed by atoms with E-state index in [1.807, 2.05) is 13.8 Å². The molecule has 1 aliphatic heterocycles. The van der Waals surface area contributed by atoms with Crippen LogP contribution in [0, 0.1) is 0 Å². The molecule has 21 heavy (non-hydrogen) atoms. The smallest absolute Gasteiger partial charge is 0.157 e. The maximum Gasteiger partial charge on any atom is 0.157 e. The minimum Gasteiger partial charge on any atom is -0.379 e. The van der Waals surface area contributed by atoms with Crippen molar-refractivity contribution in [3.8, 4) is 0 Å². The highest BCUT2D eigenvalue weighted by Gasteiger charge is 2.38. The van der Waals surface area contributed by atoms with E-state index < -0.39 is 5.54 Å². The second kappa shape index (κ2) is 7.10. The molecule has 1 heterocycles. The number of benzene rings is 1. The summed E-state index contributed by atoms with van der Waals surface area (Å²) in [5.41, 5.74) is 0.227. The molecule has 1 atom stereocenters. The second-order valence-corrected chi connectivity index (χ2v) is 6.34. The lowest BCUT2D eigenvalue weighted by atomic mass is 9.87. The van der Waals surface area contributed by atoms with Gasteiger partial charge >= 0.3 is 0 Å². The van der Waals surface area contributed by atoms with Crippen molar-refractivity contribution in [3.05, 3.63) is 33.8 Å². The first-order valence-corrected chi connectivity index (χ1v) is 8.03. The minimum atomic E-state index is -0.494. The summed E-state index contributed by atoms with van der Waals surface area (Å²) in [6.45, 7) is 6.97. The average Bonchev–Trinajstić information content (AvgIpc) is 2.51. The molecule has 1 unspecified atom stereocenters. The van der Waals surface area contributed by atoms with Crippen LogP contribution >= 0.6 is 23.2 Å². The van der Waals surface area contributed by atoms with Gasteiger partial charge < -0.3 is 4.74 Å². The van der Waals surface area contributed by atoms with Crippen LogP contribution in [0.4, 0.5) is 0 Å². The van der Waals surface area contributed by atoms with E-state index in [1.165, 1.54) is 0 Å². The molecule has 3 nitrogen and oxygen atoms in total. The lowest BCUT2D eigenvalue weighted by Gasteiger charge is -2.41. The van der Waals surface area contributed by atoms with Gasteiger partial charge in [0.2, 0.25) is 0 Å². The first-order chi connectivity index (χ1) is 9.99. The van der Waals surface area contributed by atoms with Gasteiger partial charge in [-0.05, 0) is 31.0 Å². The predicted octanol–water partition coefficient (Wildman–Crippen LogP) is 3.61. The Morgan fingerprint density at radius 3 is 2.38 bits per heavy atom. The second-order valence-electron chi connectivity index (χ2n) is 5.53. The Labute approximate surface area is 136 Å². The van der Waals surface area contributed by atoms with Crippen LogP contribution in [0.25, 0.3) is 0 Å². The number of carbonyl (C=O) groups excluding carboxylic acids is 1. The van der Waals surface area contributed by atoms with Crippen LogP contribution in [0.3, 0.4) is 0 Å². The molecule has 1 fully saturated rings. The van der Waals surface area contributed by atoms with Gasteiger partial charge in [-0.2, -0.15) is 0 Å². The Morgan fingerprint density at radius 1 is 1.29 bits per heavy atom. The van der Waals surface area contributed by atoms with Crippen LogP contribution in [0.15, 0.2) is 18.2 Å². The molecule has 1 saturated heterocycles. The molecule has 116 valence electrons. The molecule has 0 radical (unpaired) electrons. The third-order valence-corrected chi connectivity index (χ3v) is 5.11. The molecular weight excluding hydrogens is 309 g/mol. The molecule has 0 aromatic heterocycles. The molecule has 5 heteroatoms. The number of ketones is 1. The van der Waals surface area contributed by atoms with E-state index in [2.05, 4.69) is 4.90 Å². The quantitative estimate of drug-likeness (QED) is 0.826. The summed E-state index contributed by atoms with van der Waals surface area (Å²) >= 11 is 12.4. The van der Waals surface area contributed by atoms with Gasteiger partial charge in [-0.1, -0.05) is 36.2 Å². The number of Topliss-reactive ketones (excluding diaryl/α,β-unsaturated/α-hetero) is 1. The summed E-state index contributed by atoms with van der Waals surface area (Å²) in [6, 6.07) is 5.34. The lowest BCUT2D eigenvalue weighted by molar-refractivity contribution is -0.133. The highest BCUT2D eigenvalue weighted by molar-refractivity contribution is 6.36. The molecule has 1 aromatic carbocycles. The Kier molecular flexibility index (Phi) is 5.67. The van der Waals surface area contributed by atoms with Gasteiger partial charge in [0.1, 0.15) is 0 Å². The van der Waals surface area contributed by atoms with E-state index in [0.29, 0.717) is 23.3 Å². The van der Waals surface area contributed by atoms with Crippen LogP contribution in [-0.2, 0) is 16.0 Å². The van der Waals surface area contributed by atoms with Crippen molar-refractivity contribution in [1.29, 1.82) is 0 Å². The van der Waals surface area contributed by atoms with Crippen LogP contribution in [-0.4, -0.2) is 42.5 Å². The molecule has 0 aliphatic carbocycles. The Hall–Kier alpha value is -0.610. The fourth-order valence-electron chi connectivity index (χ4n) is 2.71. The molecule has 0 amide bonds. The lowest BCUT2D eigenvalue weighted by Crippen LogP contribution is -2.56. The van der Waals surface area contributed by atoms with Gasteiger partial charge in [-0.3, -0.25) is 9.69 Å². The highest BCUT2D eigenvalue weighted by Crippen LogP contribution is 2.29. The predicted molar refractivity (Wildman–Crippen MR) is 86.3 cm³/mol. The first-order valence-electron chi connectivity index (χ1n) is 7.28. The van der Waals surface area contributed by atoms with Gasteiger partial charge in [-0.25, -0.2) is 0 Å². The zero-order valence-corrected chi connectivity index (χ0v) is 14.0. The fraction of sp³-hybridized carbons (Fsp3) is 0.562. The van der Waals surface area contributed by atoms with Crippen LogP contribution in [0.2, 0.25) is 10.0 Å². The Bertz CT molecular complexity index is 495. The summed E-state index contributed by atoms with van der Waals surface area (Å²) in [4.78, 5) is 15.1. The van der Waals surface area contributed by atoms with Crippen molar-refractivity contribution in [2.75, 3.05) is 26.3 Å². The van der Waals surface area contributed by atoms with Crippen molar-refractivity contribution in [2.24, 2.45) is 0 Å². The van der Waals surface area contributed by atoms with Crippen molar-refractivity contribution in [1.82, 2.24) is 4.90 Å².